The number of anilines is 1. The van der Waals surface area contributed by atoms with Gasteiger partial charge in [-0.1, -0.05) is 24.3 Å². The molecule has 1 atom stereocenters. The highest BCUT2D eigenvalue weighted by Crippen LogP contribution is 2.19. The molecule has 1 aliphatic rings. The highest BCUT2D eigenvalue weighted by atomic mass is 16.6. The molecule has 1 amide bonds. The van der Waals surface area contributed by atoms with Gasteiger partial charge in [0.15, 0.2) is 0 Å². The standard InChI is InChI=1S/C15H17N3O3/c16-14-12-4-2-1-3-10(12)7-13(18-14)15(19)17-8-11-9-20-5-6-21-11/h1-4,7,11H,5-6,8-9H2,(H2,16,18)(H,17,19). The molecule has 0 bridgehead atoms. The lowest BCUT2D eigenvalue weighted by atomic mass is 10.1. The fourth-order valence-electron chi connectivity index (χ4n) is 2.29. The van der Waals surface area contributed by atoms with E-state index >= 15 is 0 Å². The monoisotopic (exact) mass is 287 g/mol. The maximum atomic E-state index is 12.2. The van der Waals surface area contributed by atoms with Gasteiger partial charge in [-0.25, -0.2) is 4.98 Å². The second kappa shape index (κ2) is 6.07. The average Bonchev–Trinajstić information content (AvgIpc) is 2.53. The lowest BCUT2D eigenvalue weighted by Crippen LogP contribution is -2.39. The smallest absolute Gasteiger partial charge is 0.270 e. The lowest BCUT2D eigenvalue weighted by molar-refractivity contribution is -0.0855. The van der Waals surface area contributed by atoms with Crippen LogP contribution >= 0.6 is 0 Å². The third kappa shape index (κ3) is 3.12. The van der Waals surface area contributed by atoms with Crippen LogP contribution in [-0.4, -0.2) is 43.4 Å². The van der Waals surface area contributed by atoms with Crippen LogP contribution in [0.4, 0.5) is 5.82 Å². The molecule has 1 fully saturated rings. The molecule has 0 spiro atoms. The maximum absolute atomic E-state index is 12.2. The van der Waals surface area contributed by atoms with Crippen molar-refractivity contribution in [1.82, 2.24) is 10.3 Å². The molecule has 1 aromatic heterocycles. The van der Waals surface area contributed by atoms with E-state index in [1.807, 2.05) is 24.3 Å². The van der Waals surface area contributed by atoms with E-state index in [4.69, 9.17) is 15.2 Å². The van der Waals surface area contributed by atoms with Crippen LogP contribution in [0, 0.1) is 0 Å². The van der Waals surface area contributed by atoms with Crippen LogP contribution in [0.25, 0.3) is 10.8 Å². The van der Waals surface area contributed by atoms with E-state index in [0.29, 0.717) is 37.9 Å². The largest absolute Gasteiger partial charge is 0.383 e. The summed E-state index contributed by atoms with van der Waals surface area (Å²) < 4.78 is 10.8. The number of amides is 1. The van der Waals surface area contributed by atoms with Gasteiger partial charge in [0.25, 0.3) is 5.91 Å². The van der Waals surface area contributed by atoms with Gasteiger partial charge in [-0.2, -0.15) is 0 Å². The van der Waals surface area contributed by atoms with Gasteiger partial charge in [0.2, 0.25) is 0 Å². The number of hydrogen-bond donors (Lipinski definition) is 2. The number of hydrogen-bond acceptors (Lipinski definition) is 5. The number of rotatable bonds is 3. The molecule has 0 aliphatic carbocycles. The molecule has 0 saturated carbocycles. The van der Waals surface area contributed by atoms with E-state index < -0.39 is 0 Å². The van der Waals surface area contributed by atoms with Crippen LogP contribution in [0.15, 0.2) is 30.3 Å². The number of ether oxygens (including phenoxy) is 2. The number of carbonyl (C=O) groups is 1. The Labute approximate surface area is 122 Å². The molecule has 110 valence electrons. The normalized spacial score (nSPS) is 18.6. The van der Waals surface area contributed by atoms with Crippen LogP contribution in [0.2, 0.25) is 0 Å². The Morgan fingerprint density at radius 3 is 3.05 bits per heavy atom. The van der Waals surface area contributed by atoms with E-state index in [1.165, 1.54) is 0 Å². The van der Waals surface area contributed by atoms with Crippen LogP contribution < -0.4 is 11.1 Å². The van der Waals surface area contributed by atoms with E-state index in [2.05, 4.69) is 10.3 Å². The summed E-state index contributed by atoms with van der Waals surface area (Å²) in [5, 5.41) is 4.54. The number of aromatic nitrogens is 1. The molecule has 1 saturated heterocycles. The number of pyridine rings is 1. The van der Waals surface area contributed by atoms with Gasteiger partial charge in [0, 0.05) is 11.9 Å². The summed E-state index contributed by atoms with van der Waals surface area (Å²) in [6.07, 6.45) is -0.111. The van der Waals surface area contributed by atoms with Crippen molar-refractivity contribution in [3.63, 3.8) is 0 Å². The van der Waals surface area contributed by atoms with E-state index in [-0.39, 0.29) is 12.0 Å². The van der Waals surface area contributed by atoms with Crippen molar-refractivity contribution < 1.29 is 14.3 Å². The van der Waals surface area contributed by atoms with Crippen LogP contribution in [-0.2, 0) is 9.47 Å². The molecule has 6 heteroatoms. The highest BCUT2D eigenvalue weighted by molar-refractivity contribution is 5.99. The first-order valence-corrected chi connectivity index (χ1v) is 6.87. The van der Waals surface area contributed by atoms with Gasteiger partial charge in [-0.05, 0) is 11.5 Å². The highest BCUT2D eigenvalue weighted by Gasteiger charge is 2.17. The molecule has 2 aromatic rings. The quantitative estimate of drug-likeness (QED) is 0.878. The number of nitrogens with one attached hydrogen (secondary N) is 1. The predicted molar refractivity (Wildman–Crippen MR) is 79.0 cm³/mol. The van der Waals surface area contributed by atoms with Crippen molar-refractivity contribution in [2.45, 2.75) is 6.10 Å². The zero-order valence-corrected chi connectivity index (χ0v) is 11.5. The first-order chi connectivity index (χ1) is 10.2. The summed E-state index contributed by atoms with van der Waals surface area (Å²) in [4.78, 5) is 16.3. The average molecular weight is 287 g/mol. The summed E-state index contributed by atoms with van der Waals surface area (Å²) in [5.41, 5.74) is 6.21. The second-order valence-corrected chi connectivity index (χ2v) is 4.89. The van der Waals surface area contributed by atoms with Gasteiger partial charge in [0.1, 0.15) is 11.5 Å². The van der Waals surface area contributed by atoms with Crippen molar-refractivity contribution in [2.75, 3.05) is 32.1 Å². The minimum absolute atomic E-state index is 0.111. The molecule has 1 aromatic carbocycles. The molecule has 21 heavy (non-hydrogen) atoms. The van der Waals surface area contributed by atoms with Crippen molar-refractivity contribution in [3.05, 3.63) is 36.0 Å². The molecule has 2 heterocycles. The maximum Gasteiger partial charge on any atom is 0.270 e. The Morgan fingerprint density at radius 1 is 1.38 bits per heavy atom. The molecule has 3 N–H and O–H groups in total. The molecular formula is C15H17N3O3. The van der Waals surface area contributed by atoms with Crippen molar-refractivity contribution >= 4 is 22.5 Å². The summed E-state index contributed by atoms with van der Waals surface area (Å²) in [6.45, 7) is 2.05. The topological polar surface area (TPSA) is 86.5 Å². The van der Waals surface area contributed by atoms with E-state index in [0.717, 1.165) is 10.8 Å². The third-order valence-corrected chi connectivity index (χ3v) is 3.38. The van der Waals surface area contributed by atoms with Crippen LogP contribution in [0.5, 0.6) is 0 Å². The SMILES string of the molecule is Nc1nc(C(=O)NCC2COCCO2)cc2ccccc12. The Hall–Kier alpha value is -2.18. The van der Waals surface area contributed by atoms with Crippen LogP contribution in [0.3, 0.4) is 0 Å². The number of nitrogens with two attached hydrogens (primary N) is 1. The van der Waals surface area contributed by atoms with Gasteiger partial charge in [0.05, 0.1) is 25.9 Å². The molecule has 1 unspecified atom stereocenters. The van der Waals surface area contributed by atoms with Crippen LogP contribution in [0.1, 0.15) is 10.5 Å². The summed E-state index contributed by atoms with van der Waals surface area (Å²) in [6, 6.07) is 9.31. The zero-order chi connectivity index (χ0) is 14.7. The molecule has 1 aliphatic heterocycles. The third-order valence-electron chi connectivity index (χ3n) is 3.38. The first kappa shape index (κ1) is 13.8. The van der Waals surface area contributed by atoms with Gasteiger partial charge < -0.3 is 20.5 Å². The number of nitrogens with zero attached hydrogens (tertiary/aromatic N) is 1. The van der Waals surface area contributed by atoms with Gasteiger partial charge >= 0.3 is 0 Å². The Balaban J connectivity index is 1.72. The molecule has 3 rings (SSSR count). The molecule has 6 nitrogen and oxygen atoms in total. The van der Waals surface area contributed by atoms with Crippen molar-refractivity contribution in [2.24, 2.45) is 0 Å². The summed E-state index contributed by atoms with van der Waals surface area (Å²) in [5.74, 6) is 0.0946. The van der Waals surface area contributed by atoms with Gasteiger partial charge in [-0.3, -0.25) is 4.79 Å². The second-order valence-electron chi connectivity index (χ2n) is 4.89. The molecular weight excluding hydrogens is 270 g/mol. The van der Waals surface area contributed by atoms with E-state index in [1.54, 1.807) is 6.07 Å². The fourth-order valence-corrected chi connectivity index (χ4v) is 2.29. The predicted octanol–water partition coefficient (Wildman–Crippen LogP) is 0.962. The number of nitrogen functional groups attached to an aromatic ring is 1. The zero-order valence-electron chi connectivity index (χ0n) is 11.5. The Kier molecular flexibility index (Phi) is 3.98. The Morgan fingerprint density at radius 2 is 2.24 bits per heavy atom. The summed E-state index contributed by atoms with van der Waals surface area (Å²) in [7, 11) is 0. The lowest BCUT2D eigenvalue weighted by Gasteiger charge is -2.23. The first-order valence-electron chi connectivity index (χ1n) is 6.87. The Bertz CT molecular complexity index is 654. The number of carbonyl (C=O) groups excluding carboxylic acids is 1. The minimum atomic E-state index is -0.262. The minimum Gasteiger partial charge on any atom is -0.383 e. The van der Waals surface area contributed by atoms with Crippen molar-refractivity contribution in [1.29, 1.82) is 0 Å². The number of fused-ring (bicyclic) bond motifs is 1. The van der Waals surface area contributed by atoms with E-state index in [9.17, 15) is 4.79 Å². The fraction of sp³-hybridized carbons (Fsp3) is 0.333. The molecule has 0 radical (unpaired) electrons. The van der Waals surface area contributed by atoms with Gasteiger partial charge in [-0.15, -0.1) is 0 Å². The van der Waals surface area contributed by atoms with Crippen molar-refractivity contribution in [3.8, 4) is 0 Å². The number of benzene rings is 1. The summed E-state index contributed by atoms with van der Waals surface area (Å²) >= 11 is 0.